The Balaban J connectivity index is 2.03. The van der Waals surface area contributed by atoms with E-state index in [9.17, 15) is 5.26 Å². The van der Waals surface area contributed by atoms with E-state index in [4.69, 9.17) is 0 Å². The number of pyridine rings is 1. The first kappa shape index (κ1) is 16.0. The number of nitriles is 1. The topological polar surface area (TPSA) is 52.0 Å². The minimum absolute atomic E-state index is 0.326. The van der Waals surface area contributed by atoms with Crippen LogP contribution in [0.3, 0.4) is 0 Å². The number of nitrogens with one attached hydrogen (secondary N) is 1. The fourth-order valence-corrected chi connectivity index (χ4v) is 2.41. The predicted octanol–water partition coefficient (Wildman–Crippen LogP) is 3.28. The molecule has 2 aromatic rings. The summed E-state index contributed by atoms with van der Waals surface area (Å²) in [7, 11) is 0. The Labute approximate surface area is 132 Å². The lowest BCUT2D eigenvalue weighted by Gasteiger charge is -2.21. The summed E-state index contributed by atoms with van der Waals surface area (Å²) < 4.78 is 0. The second kappa shape index (κ2) is 8.16. The highest BCUT2D eigenvalue weighted by Crippen LogP contribution is 2.19. The van der Waals surface area contributed by atoms with Gasteiger partial charge < -0.3 is 4.90 Å². The number of hydrogen-bond donors (Lipinski definition) is 1. The van der Waals surface area contributed by atoms with E-state index >= 15 is 0 Å². The van der Waals surface area contributed by atoms with E-state index in [0.717, 1.165) is 24.3 Å². The molecule has 1 aromatic heterocycles. The fourth-order valence-electron chi connectivity index (χ4n) is 2.41. The van der Waals surface area contributed by atoms with Gasteiger partial charge in [-0.1, -0.05) is 18.2 Å². The van der Waals surface area contributed by atoms with E-state index in [1.807, 2.05) is 30.3 Å². The Kier molecular flexibility index (Phi) is 5.93. The average molecular weight is 294 g/mol. The molecule has 0 radical (unpaired) electrons. The van der Waals surface area contributed by atoms with Crippen LogP contribution in [-0.4, -0.2) is 18.1 Å². The second-order valence-electron chi connectivity index (χ2n) is 5.03. The normalized spacial score (nSPS) is 11.7. The maximum absolute atomic E-state index is 9.38. The van der Waals surface area contributed by atoms with Gasteiger partial charge in [0.15, 0.2) is 0 Å². The number of benzene rings is 1. The molecule has 22 heavy (non-hydrogen) atoms. The summed E-state index contributed by atoms with van der Waals surface area (Å²) in [6.45, 7) is 6.83. The molecule has 0 saturated carbocycles. The minimum atomic E-state index is -0.326. The van der Waals surface area contributed by atoms with Gasteiger partial charge in [-0.2, -0.15) is 5.26 Å². The van der Waals surface area contributed by atoms with Crippen molar-refractivity contribution < 1.29 is 0 Å². The molecule has 0 aliphatic rings. The first-order valence-electron chi connectivity index (χ1n) is 7.66. The first-order valence-corrected chi connectivity index (χ1v) is 7.66. The van der Waals surface area contributed by atoms with Gasteiger partial charge in [0.1, 0.15) is 6.04 Å². The van der Waals surface area contributed by atoms with Crippen LogP contribution in [-0.2, 0) is 6.54 Å². The Morgan fingerprint density at radius 1 is 1.14 bits per heavy atom. The average Bonchev–Trinajstić information content (AvgIpc) is 2.59. The molecule has 114 valence electrons. The third-order valence-corrected chi connectivity index (χ3v) is 3.70. The third-order valence-electron chi connectivity index (χ3n) is 3.70. The van der Waals surface area contributed by atoms with Crippen LogP contribution in [0.1, 0.15) is 31.1 Å². The smallest absolute Gasteiger partial charge is 0.121 e. The number of aromatic nitrogens is 1. The van der Waals surface area contributed by atoms with E-state index < -0.39 is 0 Å². The molecule has 0 aliphatic heterocycles. The minimum Gasteiger partial charge on any atom is -0.372 e. The van der Waals surface area contributed by atoms with Gasteiger partial charge in [-0.05, 0) is 43.7 Å². The van der Waals surface area contributed by atoms with Crippen molar-refractivity contribution in [3.05, 3.63) is 59.9 Å². The largest absolute Gasteiger partial charge is 0.372 e. The van der Waals surface area contributed by atoms with Crippen molar-refractivity contribution in [2.24, 2.45) is 0 Å². The zero-order valence-corrected chi connectivity index (χ0v) is 13.2. The highest BCUT2D eigenvalue weighted by atomic mass is 15.1. The molecular weight excluding hydrogens is 272 g/mol. The van der Waals surface area contributed by atoms with Crippen LogP contribution in [0.5, 0.6) is 0 Å². The van der Waals surface area contributed by atoms with Crippen LogP contribution in [0, 0.1) is 11.3 Å². The molecule has 0 spiro atoms. The lowest BCUT2D eigenvalue weighted by molar-refractivity contribution is 0.621. The summed E-state index contributed by atoms with van der Waals surface area (Å²) in [6.07, 6.45) is 1.76. The fraction of sp³-hybridized carbons (Fsp3) is 0.333. The lowest BCUT2D eigenvalue weighted by atomic mass is 10.1. The standard InChI is InChI=1S/C18H22N4/c1-3-22(4-2)17-10-8-15(9-11-17)18(13-19)21-14-16-7-5-6-12-20-16/h5-12,18,21H,3-4,14H2,1-2H3. The highest BCUT2D eigenvalue weighted by Gasteiger charge is 2.11. The second-order valence-corrected chi connectivity index (χ2v) is 5.03. The van der Waals surface area contributed by atoms with Crippen molar-refractivity contribution in [2.45, 2.75) is 26.4 Å². The van der Waals surface area contributed by atoms with Gasteiger partial charge in [-0.3, -0.25) is 10.3 Å². The maximum Gasteiger partial charge on any atom is 0.121 e. The van der Waals surface area contributed by atoms with Crippen LogP contribution in [0.25, 0.3) is 0 Å². The van der Waals surface area contributed by atoms with Crippen LogP contribution < -0.4 is 10.2 Å². The Morgan fingerprint density at radius 2 is 1.86 bits per heavy atom. The van der Waals surface area contributed by atoms with Crippen molar-refractivity contribution in [2.75, 3.05) is 18.0 Å². The van der Waals surface area contributed by atoms with Crippen molar-refractivity contribution in [1.29, 1.82) is 5.26 Å². The summed E-state index contributed by atoms with van der Waals surface area (Å²) in [5.41, 5.74) is 3.10. The molecule has 1 aromatic carbocycles. The number of anilines is 1. The molecule has 4 nitrogen and oxygen atoms in total. The number of hydrogen-bond acceptors (Lipinski definition) is 4. The van der Waals surface area contributed by atoms with Gasteiger partial charge in [0.05, 0.1) is 11.8 Å². The van der Waals surface area contributed by atoms with E-state index in [-0.39, 0.29) is 6.04 Å². The highest BCUT2D eigenvalue weighted by molar-refractivity contribution is 5.48. The summed E-state index contributed by atoms with van der Waals surface area (Å²) in [6, 6.07) is 16.0. The van der Waals surface area contributed by atoms with Crippen LogP contribution in [0.15, 0.2) is 48.7 Å². The Hall–Kier alpha value is -2.38. The van der Waals surface area contributed by atoms with Crippen molar-refractivity contribution in [1.82, 2.24) is 10.3 Å². The van der Waals surface area contributed by atoms with Crippen LogP contribution in [0.2, 0.25) is 0 Å². The van der Waals surface area contributed by atoms with Gasteiger partial charge >= 0.3 is 0 Å². The molecular formula is C18H22N4. The molecule has 1 atom stereocenters. The molecule has 0 bridgehead atoms. The van der Waals surface area contributed by atoms with E-state index in [1.165, 1.54) is 5.69 Å². The lowest BCUT2D eigenvalue weighted by Crippen LogP contribution is -2.22. The van der Waals surface area contributed by atoms with E-state index in [1.54, 1.807) is 6.20 Å². The Bertz CT molecular complexity index is 597. The van der Waals surface area contributed by atoms with E-state index in [2.05, 4.69) is 47.3 Å². The van der Waals surface area contributed by atoms with Crippen LogP contribution >= 0.6 is 0 Å². The monoisotopic (exact) mass is 294 g/mol. The summed E-state index contributed by atoms with van der Waals surface area (Å²) in [5.74, 6) is 0. The molecule has 1 unspecified atom stereocenters. The molecule has 1 heterocycles. The number of nitrogens with zero attached hydrogens (tertiary/aromatic N) is 3. The van der Waals surface area contributed by atoms with E-state index in [0.29, 0.717) is 6.54 Å². The maximum atomic E-state index is 9.38. The SMILES string of the molecule is CCN(CC)c1ccc(C(C#N)NCc2ccccn2)cc1. The van der Waals surface area contributed by atoms with Gasteiger partial charge in [0.25, 0.3) is 0 Å². The van der Waals surface area contributed by atoms with Crippen molar-refractivity contribution >= 4 is 5.69 Å². The zero-order valence-electron chi connectivity index (χ0n) is 13.2. The molecule has 1 N–H and O–H groups in total. The molecule has 0 saturated heterocycles. The molecule has 2 rings (SSSR count). The van der Waals surface area contributed by atoms with Gasteiger partial charge in [0, 0.05) is 31.5 Å². The van der Waals surface area contributed by atoms with Gasteiger partial charge in [0.2, 0.25) is 0 Å². The van der Waals surface area contributed by atoms with Crippen molar-refractivity contribution in [3.63, 3.8) is 0 Å². The van der Waals surface area contributed by atoms with Crippen LogP contribution in [0.4, 0.5) is 5.69 Å². The summed E-state index contributed by atoms with van der Waals surface area (Å²) >= 11 is 0. The zero-order chi connectivity index (χ0) is 15.8. The molecule has 0 aliphatic carbocycles. The summed E-state index contributed by atoms with van der Waals surface area (Å²) in [5, 5.41) is 12.6. The predicted molar refractivity (Wildman–Crippen MR) is 89.4 cm³/mol. The molecule has 0 fully saturated rings. The Morgan fingerprint density at radius 3 is 2.41 bits per heavy atom. The van der Waals surface area contributed by atoms with Crippen molar-refractivity contribution in [3.8, 4) is 6.07 Å². The molecule has 4 heteroatoms. The summed E-state index contributed by atoms with van der Waals surface area (Å²) in [4.78, 5) is 6.54. The van der Waals surface area contributed by atoms with Gasteiger partial charge in [-0.25, -0.2) is 0 Å². The van der Waals surface area contributed by atoms with Gasteiger partial charge in [-0.15, -0.1) is 0 Å². The first-order chi connectivity index (χ1) is 10.8. The molecule has 0 amide bonds. The third kappa shape index (κ3) is 4.06. The number of rotatable bonds is 7. The quantitative estimate of drug-likeness (QED) is 0.851.